The maximum atomic E-state index is 12.9. The van der Waals surface area contributed by atoms with E-state index in [2.05, 4.69) is 5.10 Å². The van der Waals surface area contributed by atoms with Crippen LogP contribution in [0.15, 0.2) is 42.7 Å². The number of hydrogen-bond acceptors (Lipinski definition) is 2. The van der Waals surface area contributed by atoms with Crippen molar-refractivity contribution in [2.75, 3.05) is 5.32 Å². The molecular weight excluding hydrogens is 290 g/mol. The lowest BCUT2D eigenvalue weighted by molar-refractivity contribution is -0.163. The van der Waals surface area contributed by atoms with Crippen molar-refractivity contribution >= 4 is 11.6 Å². The summed E-state index contributed by atoms with van der Waals surface area (Å²) in [5, 5.41) is 5.76. The Morgan fingerprint density at radius 3 is 2.71 bits per heavy atom. The van der Waals surface area contributed by atoms with E-state index in [-0.39, 0.29) is 5.69 Å². The molecule has 0 fully saturated rings. The first kappa shape index (κ1) is 15.0. The van der Waals surface area contributed by atoms with Crippen molar-refractivity contribution in [3.8, 4) is 0 Å². The fourth-order valence-corrected chi connectivity index (χ4v) is 1.64. The molecule has 0 aliphatic heterocycles. The number of rotatable bonds is 5. The van der Waals surface area contributed by atoms with Gasteiger partial charge in [-0.1, -0.05) is 12.1 Å². The Hall–Kier alpha value is -2.38. The third-order valence-electron chi connectivity index (χ3n) is 2.67. The number of aromatic nitrogens is 2. The van der Waals surface area contributed by atoms with Crippen molar-refractivity contribution in [2.45, 2.75) is 18.9 Å². The first-order chi connectivity index (χ1) is 9.89. The van der Waals surface area contributed by atoms with Crippen LogP contribution in [0, 0.1) is 0 Å². The Labute approximate surface area is 117 Å². The highest BCUT2D eigenvalue weighted by atomic mass is 19.3. The molecule has 1 amide bonds. The van der Waals surface area contributed by atoms with Crippen LogP contribution in [0.1, 0.15) is 5.56 Å². The maximum absolute atomic E-state index is 12.9. The van der Waals surface area contributed by atoms with E-state index >= 15 is 0 Å². The minimum Gasteiger partial charge on any atom is -0.321 e. The van der Waals surface area contributed by atoms with Crippen LogP contribution in [0.4, 0.5) is 23.2 Å². The molecule has 8 heteroatoms. The summed E-state index contributed by atoms with van der Waals surface area (Å²) in [4.78, 5) is 11.1. The number of carbonyl (C=O) groups excluding carboxylic acids is 1. The highest BCUT2D eigenvalue weighted by molar-refractivity contribution is 5.96. The number of halogens is 4. The molecule has 0 atom stereocenters. The van der Waals surface area contributed by atoms with Gasteiger partial charge in [0.15, 0.2) is 0 Å². The van der Waals surface area contributed by atoms with E-state index in [9.17, 15) is 22.4 Å². The van der Waals surface area contributed by atoms with Crippen molar-refractivity contribution in [3.05, 3.63) is 48.3 Å². The van der Waals surface area contributed by atoms with E-state index in [4.69, 9.17) is 0 Å². The number of hydrogen-bond donors (Lipinski definition) is 1. The number of nitrogens with zero attached hydrogens (tertiary/aromatic N) is 2. The average molecular weight is 301 g/mol. The second-order valence-corrected chi connectivity index (χ2v) is 4.28. The zero-order chi connectivity index (χ0) is 15.5. The smallest absolute Gasteiger partial charge is 0.321 e. The molecule has 0 radical (unpaired) electrons. The molecule has 1 N–H and O–H groups in total. The van der Waals surface area contributed by atoms with Crippen molar-refractivity contribution in [1.29, 1.82) is 0 Å². The Bertz CT molecular complexity index is 614. The number of carbonyl (C=O) groups is 1. The summed E-state index contributed by atoms with van der Waals surface area (Å²) in [6, 6.07) is 7.69. The molecule has 1 heterocycles. The van der Waals surface area contributed by atoms with Gasteiger partial charge < -0.3 is 5.32 Å². The monoisotopic (exact) mass is 301 g/mol. The molecule has 2 aromatic rings. The normalized spacial score (nSPS) is 11.7. The topological polar surface area (TPSA) is 46.9 Å². The zero-order valence-electron chi connectivity index (χ0n) is 10.6. The maximum Gasteiger partial charge on any atom is 0.383 e. The van der Waals surface area contributed by atoms with Gasteiger partial charge in [0.25, 0.3) is 0 Å². The van der Waals surface area contributed by atoms with E-state index in [1.807, 2.05) is 0 Å². The van der Waals surface area contributed by atoms with Crippen LogP contribution in [0.25, 0.3) is 0 Å². The minimum atomic E-state index is -4.72. The highest BCUT2D eigenvalue weighted by Crippen LogP contribution is 2.25. The largest absolute Gasteiger partial charge is 0.383 e. The molecule has 0 bridgehead atoms. The predicted octanol–water partition coefficient (Wildman–Crippen LogP) is 2.77. The molecule has 2 rings (SSSR count). The van der Waals surface area contributed by atoms with Crippen LogP contribution in [0.5, 0.6) is 0 Å². The zero-order valence-corrected chi connectivity index (χ0v) is 10.6. The van der Waals surface area contributed by atoms with Gasteiger partial charge >= 0.3 is 18.3 Å². The lowest BCUT2D eigenvalue weighted by Gasteiger charge is -2.15. The van der Waals surface area contributed by atoms with E-state index in [0.29, 0.717) is 12.1 Å². The Kier molecular flexibility index (Phi) is 4.25. The van der Waals surface area contributed by atoms with Crippen molar-refractivity contribution in [3.63, 3.8) is 0 Å². The molecule has 0 spiro atoms. The highest BCUT2D eigenvalue weighted by Gasteiger charge is 2.48. The second-order valence-electron chi connectivity index (χ2n) is 4.28. The van der Waals surface area contributed by atoms with E-state index in [0.717, 1.165) is 0 Å². The summed E-state index contributed by atoms with van der Waals surface area (Å²) in [6.07, 6.45) is -0.768. The van der Waals surface area contributed by atoms with Crippen molar-refractivity contribution in [1.82, 2.24) is 9.78 Å². The summed E-state index contributed by atoms with van der Waals surface area (Å²) in [6.45, 7) is 0.363. The molecule has 0 aliphatic rings. The third kappa shape index (κ3) is 3.59. The fourth-order valence-electron chi connectivity index (χ4n) is 1.64. The predicted molar refractivity (Wildman–Crippen MR) is 67.4 cm³/mol. The summed E-state index contributed by atoms with van der Waals surface area (Å²) in [5.74, 6) is -6.76. The summed E-state index contributed by atoms with van der Waals surface area (Å²) >= 11 is 0. The van der Waals surface area contributed by atoms with E-state index in [1.54, 1.807) is 34.5 Å². The number of alkyl halides is 4. The molecule has 0 unspecified atom stereocenters. The van der Waals surface area contributed by atoms with Gasteiger partial charge in [-0.15, -0.1) is 0 Å². The van der Waals surface area contributed by atoms with Gasteiger partial charge in [0.05, 0.1) is 6.54 Å². The third-order valence-corrected chi connectivity index (χ3v) is 2.67. The standard InChI is InChI=1S/C13H11F4N3O/c14-11(15)13(16,17)12(21)19-10-4-1-3-9(7-10)8-20-6-2-5-18-20/h1-7,11H,8H2,(H,19,21). The molecule has 0 aliphatic carbocycles. The number of benzene rings is 1. The number of nitrogens with one attached hydrogen (secondary N) is 1. The van der Waals surface area contributed by atoms with E-state index in [1.165, 1.54) is 18.2 Å². The van der Waals surface area contributed by atoms with Gasteiger partial charge in [-0.3, -0.25) is 9.48 Å². The Morgan fingerprint density at radius 1 is 1.33 bits per heavy atom. The van der Waals surface area contributed by atoms with Crippen LogP contribution >= 0.6 is 0 Å². The molecule has 0 saturated heterocycles. The first-order valence-electron chi connectivity index (χ1n) is 5.93. The Morgan fingerprint density at radius 2 is 2.10 bits per heavy atom. The van der Waals surface area contributed by atoms with Crippen molar-refractivity contribution < 1.29 is 22.4 Å². The van der Waals surface area contributed by atoms with Gasteiger partial charge in [0, 0.05) is 18.1 Å². The fraction of sp³-hybridized carbons (Fsp3) is 0.231. The molecule has 0 saturated carbocycles. The van der Waals surface area contributed by atoms with Crippen LogP contribution in [0.2, 0.25) is 0 Å². The molecule has 21 heavy (non-hydrogen) atoms. The van der Waals surface area contributed by atoms with Gasteiger partial charge in [-0.2, -0.15) is 13.9 Å². The van der Waals surface area contributed by atoms with Crippen molar-refractivity contribution in [2.24, 2.45) is 0 Å². The second kappa shape index (κ2) is 5.94. The van der Waals surface area contributed by atoms with Crippen LogP contribution < -0.4 is 5.32 Å². The Balaban J connectivity index is 2.09. The van der Waals surface area contributed by atoms with Gasteiger partial charge in [0.1, 0.15) is 0 Å². The quantitative estimate of drug-likeness (QED) is 0.863. The van der Waals surface area contributed by atoms with Gasteiger partial charge in [-0.25, -0.2) is 8.78 Å². The number of amides is 1. The first-order valence-corrected chi connectivity index (χ1v) is 5.93. The molecule has 1 aromatic heterocycles. The summed E-state index contributed by atoms with van der Waals surface area (Å²) in [5.41, 5.74) is 0.696. The lowest BCUT2D eigenvalue weighted by atomic mass is 10.2. The summed E-state index contributed by atoms with van der Waals surface area (Å²) in [7, 11) is 0. The van der Waals surface area contributed by atoms with Crippen LogP contribution in [-0.4, -0.2) is 28.0 Å². The molecule has 112 valence electrons. The number of anilines is 1. The average Bonchev–Trinajstić information content (AvgIpc) is 2.91. The summed E-state index contributed by atoms with van der Waals surface area (Å²) < 4.78 is 51.5. The van der Waals surface area contributed by atoms with Crippen LogP contribution in [-0.2, 0) is 11.3 Å². The minimum absolute atomic E-state index is 0.0185. The van der Waals surface area contributed by atoms with E-state index < -0.39 is 18.3 Å². The molecule has 4 nitrogen and oxygen atoms in total. The molecule has 1 aromatic carbocycles. The van der Waals surface area contributed by atoms with Gasteiger partial charge in [-0.05, 0) is 23.8 Å². The molecular formula is C13H11F4N3O. The lowest BCUT2D eigenvalue weighted by Crippen LogP contribution is -2.40. The van der Waals surface area contributed by atoms with Crippen LogP contribution in [0.3, 0.4) is 0 Å². The SMILES string of the molecule is O=C(Nc1cccc(Cn2cccn2)c1)C(F)(F)C(F)F. The van der Waals surface area contributed by atoms with Gasteiger partial charge in [0.2, 0.25) is 0 Å².